The van der Waals surface area contributed by atoms with Crippen LogP contribution in [0.25, 0.3) is 22.4 Å². The van der Waals surface area contributed by atoms with Gasteiger partial charge in [0.1, 0.15) is 11.3 Å². The molecule has 7 nitrogen and oxygen atoms in total. The van der Waals surface area contributed by atoms with Crippen LogP contribution in [0.5, 0.6) is 0 Å². The number of non-ortho nitro benzene ring substituents is 1. The molecule has 116 valence electrons. The molecule has 1 heterocycles. The summed E-state index contributed by atoms with van der Waals surface area (Å²) < 4.78 is 5.02. The molecule has 2 aromatic carbocycles. The molecule has 1 aromatic heterocycles. The number of fused-ring (bicyclic) bond motifs is 1. The number of nitro groups is 1. The van der Waals surface area contributed by atoms with Gasteiger partial charge in [0.2, 0.25) is 0 Å². The topological polar surface area (TPSA) is 98.1 Å². The van der Waals surface area contributed by atoms with Crippen molar-refractivity contribution in [1.29, 1.82) is 0 Å². The highest BCUT2D eigenvalue weighted by molar-refractivity contribution is 6.02. The lowest BCUT2D eigenvalue weighted by molar-refractivity contribution is -0.384. The molecule has 7 heteroatoms. The van der Waals surface area contributed by atoms with E-state index in [-0.39, 0.29) is 12.3 Å². The highest BCUT2D eigenvalue weighted by Gasteiger charge is 2.16. The van der Waals surface area contributed by atoms with Gasteiger partial charge in [-0.3, -0.25) is 10.1 Å². The molecule has 0 bridgehead atoms. The number of carbonyl (C=O) groups excluding carboxylic acids is 1. The first kappa shape index (κ1) is 14.7. The Balaban J connectivity index is 2.10. The van der Waals surface area contributed by atoms with E-state index < -0.39 is 10.9 Å². The van der Waals surface area contributed by atoms with E-state index in [2.05, 4.69) is 9.97 Å². The summed E-state index contributed by atoms with van der Waals surface area (Å²) in [7, 11) is 0. The third kappa shape index (κ3) is 2.76. The number of carbonyl (C=O) groups is 1. The lowest BCUT2D eigenvalue weighted by Gasteiger charge is -2.01. The van der Waals surface area contributed by atoms with Crippen molar-refractivity contribution < 1.29 is 14.5 Å². The van der Waals surface area contributed by atoms with E-state index in [9.17, 15) is 14.9 Å². The van der Waals surface area contributed by atoms with Gasteiger partial charge < -0.3 is 9.72 Å². The van der Waals surface area contributed by atoms with Crippen LogP contribution in [0.2, 0.25) is 0 Å². The van der Waals surface area contributed by atoms with Crippen LogP contribution in [0.4, 0.5) is 5.69 Å². The number of H-pyrrole nitrogens is 1. The Kier molecular flexibility index (Phi) is 3.76. The Labute approximate surface area is 131 Å². The van der Waals surface area contributed by atoms with Crippen LogP contribution in [0.1, 0.15) is 17.3 Å². The predicted molar refractivity (Wildman–Crippen MR) is 84.1 cm³/mol. The number of aromatic amines is 1. The molecular formula is C16H13N3O4. The summed E-state index contributed by atoms with van der Waals surface area (Å²) in [5.41, 5.74) is 2.06. The van der Waals surface area contributed by atoms with E-state index in [4.69, 9.17) is 4.74 Å². The number of para-hydroxylation sites is 1. The first-order chi connectivity index (χ1) is 11.1. The maximum Gasteiger partial charge on any atom is 0.340 e. The number of ether oxygens (including phenoxy) is 1. The largest absolute Gasteiger partial charge is 0.462 e. The molecule has 0 spiro atoms. The molecule has 0 aliphatic heterocycles. The highest BCUT2D eigenvalue weighted by atomic mass is 16.6. The molecule has 0 radical (unpaired) electrons. The van der Waals surface area contributed by atoms with Crippen molar-refractivity contribution in [3.8, 4) is 11.4 Å². The van der Waals surface area contributed by atoms with Crippen molar-refractivity contribution in [1.82, 2.24) is 9.97 Å². The Bertz CT molecular complexity index is 901. The number of rotatable bonds is 4. The summed E-state index contributed by atoms with van der Waals surface area (Å²) in [6.07, 6.45) is 0. The molecule has 0 amide bonds. The fourth-order valence-corrected chi connectivity index (χ4v) is 2.31. The van der Waals surface area contributed by atoms with Crippen LogP contribution < -0.4 is 0 Å². The minimum absolute atomic E-state index is 0.0198. The summed E-state index contributed by atoms with van der Waals surface area (Å²) in [6.45, 7) is 2.01. The van der Waals surface area contributed by atoms with Crippen molar-refractivity contribution in [2.75, 3.05) is 6.61 Å². The predicted octanol–water partition coefficient (Wildman–Crippen LogP) is 3.31. The number of nitro benzene ring substituents is 1. The van der Waals surface area contributed by atoms with Gasteiger partial charge in [-0.05, 0) is 19.1 Å². The molecule has 1 N–H and O–H groups in total. The molecule has 0 aliphatic carbocycles. The third-order valence-corrected chi connectivity index (χ3v) is 3.34. The van der Waals surface area contributed by atoms with E-state index in [0.29, 0.717) is 28.0 Å². The SMILES string of the molecule is CCOC(=O)c1cccc2[nH]c(-c3cccc([N+](=O)[O-])c3)nc12. The van der Waals surface area contributed by atoms with Crippen molar-refractivity contribution >= 4 is 22.7 Å². The standard InChI is InChI=1S/C16H13N3O4/c1-2-23-16(20)12-7-4-8-13-14(12)18-15(17-13)10-5-3-6-11(9-10)19(21)22/h3-9H,2H2,1H3,(H,17,18). The number of nitrogens with one attached hydrogen (secondary N) is 1. The third-order valence-electron chi connectivity index (χ3n) is 3.34. The number of aromatic nitrogens is 2. The van der Waals surface area contributed by atoms with Gasteiger partial charge in [0.25, 0.3) is 5.69 Å². The fourth-order valence-electron chi connectivity index (χ4n) is 2.31. The molecule has 3 aromatic rings. The number of benzene rings is 2. The molecule has 0 unspecified atom stereocenters. The lowest BCUT2D eigenvalue weighted by Crippen LogP contribution is -2.05. The Hall–Kier alpha value is -3.22. The highest BCUT2D eigenvalue weighted by Crippen LogP contribution is 2.25. The molecule has 0 saturated heterocycles. The van der Waals surface area contributed by atoms with Crippen LogP contribution in [-0.4, -0.2) is 27.5 Å². The number of nitrogens with zero attached hydrogens (tertiary/aromatic N) is 2. The lowest BCUT2D eigenvalue weighted by atomic mass is 10.2. The van der Waals surface area contributed by atoms with Gasteiger partial charge in [0.15, 0.2) is 0 Å². The van der Waals surface area contributed by atoms with E-state index in [1.54, 1.807) is 37.3 Å². The second-order valence-electron chi connectivity index (χ2n) is 4.82. The zero-order chi connectivity index (χ0) is 16.4. The minimum Gasteiger partial charge on any atom is -0.462 e. The normalized spacial score (nSPS) is 10.7. The number of hydrogen-bond donors (Lipinski definition) is 1. The van der Waals surface area contributed by atoms with Gasteiger partial charge in [-0.25, -0.2) is 9.78 Å². The van der Waals surface area contributed by atoms with Gasteiger partial charge in [-0.1, -0.05) is 18.2 Å². The maximum absolute atomic E-state index is 12.0. The van der Waals surface area contributed by atoms with Gasteiger partial charge in [0, 0.05) is 17.7 Å². The van der Waals surface area contributed by atoms with Crippen molar-refractivity contribution in [2.24, 2.45) is 0 Å². The monoisotopic (exact) mass is 311 g/mol. The summed E-state index contributed by atoms with van der Waals surface area (Å²) >= 11 is 0. The quantitative estimate of drug-likeness (QED) is 0.453. The molecule has 0 aliphatic rings. The minimum atomic E-state index is -0.462. The van der Waals surface area contributed by atoms with Crippen molar-refractivity contribution in [3.05, 3.63) is 58.1 Å². The van der Waals surface area contributed by atoms with Gasteiger partial charge >= 0.3 is 5.97 Å². The molecule has 0 fully saturated rings. The molecule has 0 saturated carbocycles. The number of esters is 1. The number of imidazole rings is 1. The first-order valence-corrected chi connectivity index (χ1v) is 7.01. The second-order valence-corrected chi connectivity index (χ2v) is 4.82. The molecule has 23 heavy (non-hydrogen) atoms. The average Bonchev–Trinajstić information content (AvgIpc) is 2.99. The fraction of sp³-hybridized carbons (Fsp3) is 0.125. The molecular weight excluding hydrogens is 298 g/mol. The van der Waals surface area contributed by atoms with E-state index in [1.165, 1.54) is 12.1 Å². The molecule has 0 atom stereocenters. The summed E-state index contributed by atoms with van der Waals surface area (Å²) in [4.78, 5) is 29.9. The zero-order valence-corrected chi connectivity index (χ0v) is 12.3. The summed E-state index contributed by atoms with van der Waals surface area (Å²) in [5.74, 6) is 0.00985. The first-order valence-electron chi connectivity index (χ1n) is 7.01. The van der Waals surface area contributed by atoms with Crippen LogP contribution in [0, 0.1) is 10.1 Å². The maximum atomic E-state index is 12.0. The van der Waals surface area contributed by atoms with Gasteiger partial charge in [-0.2, -0.15) is 0 Å². The van der Waals surface area contributed by atoms with E-state index >= 15 is 0 Å². The number of hydrogen-bond acceptors (Lipinski definition) is 5. The van der Waals surface area contributed by atoms with Crippen LogP contribution in [-0.2, 0) is 4.74 Å². The van der Waals surface area contributed by atoms with Crippen LogP contribution in [0.15, 0.2) is 42.5 Å². The van der Waals surface area contributed by atoms with Crippen molar-refractivity contribution in [2.45, 2.75) is 6.92 Å². The van der Waals surface area contributed by atoms with Gasteiger partial charge in [0.05, 0.1) is 22.6 Å². The van der Waals surface area contributed by atoms with Crippen molar-refractivity contribution in [3.63, 3.8) is 0 Å². The Morgan fingerprint density at radius 2 is 2.09 bits per heavy atom. The van der Waals surface area contributed by atoms with E-state index in [0.717, 1.165) is 0 Å². The second kappa shape index (κ2) is 5.88. The van der Waals surface area contributed by atoms with Crippen LogP contribution >= 0.6 is 0 Å². The summed E-state index contributed by atoms with van der Waals surface area (Å²) in [5, 5.41) is 10.9. The van der Waals surface area contributed by atoms with Crippen LogP contribution in [0.3, 0.4) is 0 Å². The van der Waals surface area contributed by atoms with Gasteiger partial charge in [-0.15, -0.1) is 0 Å². The zero-order valence-electron chi connectivity index (χ0n) is 12.3. The van der Waals surface area contributed by atoms with E-state index in [1.807, 2.05) is 0 Å². The molecule has 3 rings (SSSR count). The summed E-state index contributed by atoms with van der Waals surface area (Å²) in [6, 6.07) is 11.3. The smallest absolute Gasteiger partial charge is 0.340 e. The average molecular weight is 311 g/mol. The Morgan fingerprint density at radius 3 is 2.83 bits per heavy atom. The Morgan fingerprint density at radius 1 is 1.30 bits per heavy atom.